The van der Waals surface area contributed by atoms with Crippen LogP contribution in [0.25, 0.3) is 0 Å². The average Bonchev–Trinajstić information content (AvgIpc) is 3.07. The second kappa shape index (κ2) is 8.04. The molecule has 156 valence electrons. The lowest BCUT2D eigenvalue weighted by molar-refractivity contribution is -0.236. The van der Waals surface area contributed by atoms with Crippen molar-refractivity contribution in [2.45, 2.75) is 52.2 Å². The molecule has 2 aliphatic rings. The van der Waals surface area contributed by atoms with Crippen molar-refractivity contribution >= 4 is 28.5 Å². The molecule has 7 nitrogen and oxygen atoms in total. The first-order chi connectivity index (χ1) is 13.0. The van der Waals surface area contributed by atoms with Gasteiger partial charge in [-0.1, -0.05) is 0 Å². The van der Waals surface area contributed by atoms with Crippen LogP contribution in [-0.4, -0.2) is 58.1 Å². The molecule has 2 N–H and O–H groups in total. The normalized spacial score (nSPS) is 25.9. The summed E-state index contributed by atoms with van der Waals surface area (Å²) in [5, 5.41) is 13.3. The molecule has 2 unspecified atom stereocenters. The lowest BCUT2D eigenvalue weighted by atomic mass is 10.1. The molecular formula is C20H30IN3O4. The van der Waals surface area contributed by atoms with E-state index in [1.807, 2.05) is 45.6 Å². The van der Waals surface area contributed by atoms with Gasteiger partial charge in [-0.25, -0.2) is 0 Å². The summed E-state index contributed by atoms with van der Waals surface area (Å²) in [6.45, 7) is 11.4. The number of aromatic nitrogens is 1. The van der Waals surface area contributed by atoms with Crippen molar-refractivity contribution in [3.8, 4) is 5.75 Å². The Labute approximate surface area is 180 Å². The minimum atomic E-state index is -0.914. The van der Waals surface area contributed by atoms with Gasteiger partial charge >= 0.3 is 0 Å². The molecule has 2 fully saturated rings. The van der Waals surface area contributed by atoms with E-state index >= 15 is 0 Å². The van der Waals surface area contributed by atoms with E-state index in [1.165, 1.54) is 0 Å². The van der Waals surface area contributed by atoms with Crippen molar-refractivity contribution < 1.29 is 19.4 Å². The van der Waals surface area contributed by atoms with E-state index in [0.29, 0.717) is 19.7 Å². The molecular weight excluding hydrogens is 473 g/mol. The number of aliphatic hydroxyl groups is 1. The molecule has 0 radical (unpaired) electrons. The third kappa shape index (κ3) is 5.34. The van der Waals surface area contributed by atoms with E-state index in [4.69, 9.17) is 9.47 Å². The number of amides is 1. The first-order valence-electron chi connectivity index (χ1n) is 9.61. The number of pyridine rings is 1. The lowest BCUT2D eigenvalue weighted by Gasteiger charge is -2.31. The first-order valence-corrected chi connectivity index (χ1v) is 10.7. The van der Waals surface area contributed by atoms with Gasteiger partial charge in [-0.05, 0) is 75.1 Å². The Bertz CT molecular complexity index is 710. The van der Waals surface area contributed by atoms with E-state index in [-0.39, 0.29) is 23.7 Å². The summed E-state index contributed by atoms with van der Waals surface area (Å²) in [6, 6.07) is 1.89. The molecule has 28 heavy (non-hydrogen) atoms. The fraction of sp³-hybridized carbons (Fsp3) is 0.700. The van der Waals surface area contributed by atoms with Crippen LogP contribution in [0, 0.1) is 21.3 Å². The van der Waals surface area contributed by atoms with Crippen LogP contribution in [0.2, 0.25) is 0 Å². The van der Waals surface area contributed by atoms with Crippen molar-refractivity contribution in [3.05, 3.63) is 22.0 Å². The van der Waals surface area contributed by atoms with Crippen LogP contribution in [-0.2, 0) is 9.53 Å². The van der Waals surface area contributed by atoms with E-state index < -0.39 is 17.6 Å². The van der Waals surface area contributed by atoms with E-state index in [2.05, 4.69) is 32.9 Å². The van der Waals surface area contributed by atoms with Crippen LogP contribution in [0.1, 0.15) is 34.6 Å². The predicted molar refractivity (Wildman–Crippen MR) is 114 cm³/mol. The highest BCUT2D eigenvalue weighted by atomic mass is 127. The summed E-state index contributed by atoms with van der Waals surface area (Å²) < 4.78 is 12.4. The average molecular weight is 503 g/mol. The molecule has 0 spiro atoms. The van der Waals surface area contributed by atoms with Crippen molar-refractivity contribution in [2.24, 2.45) is 17.8 Å². The van der Waals surface area contributed by atoms with Gasteiger partial charge in [-0.3, -0.25) is 14.7 Å². The van der Waals surface area contributed by atoms with Crippen molar-refractivity contribution in [1.82, 2.24) is 15.2 Å². The zero-order valence-corrected chi connectivity index (χ0v) is 19.3. The van der Waals surface area contributed by atoms with E-state index in [1.54, 1.807) is 12.4 Å². The van der Waals surface area contributed by atoms with Gasteiger partial charge in [0.15, 0.2) is 5.75 Å². The summed E-state index contributed by atoms with van der Waals surface area (Å²) in [6.07, 6.45) is 2.49. The van der Waals surface area contributed by atoms with Gasteiger partial charge in [-0.2, -0.15) is 0 Å². The predicted octanol–water partition coefficient (Wildman–Crippen LogP) is 2.23. The maximum Gasteiger partial charge on any atom is 0.224 e. The van der Waals surface area contributed by atoms with Gasteiger partial charge < -0.3 is 19.9 Å². The van der Waals surface area contributed by atoms with Crippen LogP contribution in [0.3, 0.4) is 0 Å². The SMILES string of the molecule is CC(C)(COc1cnccc1I)NC(=O)C1[C@H]2CN(C(O)OC(C)(C)C)C[C@@H]12. The van der Waals surface area contributed by atoms with Gasteiger partial charge in [0.25, 0.3) is 0 Å². The number of halogens is 1. The highest BCUT2D eigenvalue weighted by Gasteiger charge is 2.60. The highest BCUT2D eigenvalue weighted by Crippen LogP contribution is 2.52. The Morgan fingerprint density at radius 1 is 1.36 bits per heavy atom. The van der Waals surface area contributed by atoms with E-state index in [9.17, 15) is 9.90 Å². The largest absolute Gasteiger partial charge is 0.488 e. The number of hydrogen-bond acceptors (Lipinski definition) is 6. The standard InChI is InChI=1S/C20H30IN3O4/c1-19(2,3)28-18(26)24-9-12-13(10-24)16(12)17(25)23-20(4,5)11-27-15-8-22-7-6-14(15)21/h6-8,12-13,16,18,26H,9-11H2,1-5H3,(H,23,25)/t12-,13+,16?,18?. The van der Waals surface area contributed by atoms with Gasteiger partial charge in [-0.15, -0.1) is 0 Å². The summed E-state index contributed by atoms with van der Waals surface area (Å²) in [5.74, 6) is 1.37. The van der Waals surface area contributed by atoms with Gasteiger partial charge in [0, 0.05) is 25.2 Å². The summed E-state index contributed by atoms with van der Waals surface area (Å²) in [5.41, 5.74) is -0.888. The Morgan fingerprint density at radius 2 is 2.00 bits per heavy atom. The van der Waals surface area contributed by atoms with Gasteiger partial charge in [0.2, 0.25) is 12.3 Å². The third-order valence-corrected chi connectivity index (χ3v) is 5.97. The molecule has 0 bridgehead atoms. The molecule has 1 saturated heterocycles. The van der Waals surface area contributed by atoms with Crippen LogP contribution >= 0.6 is 22.6 Å². The van der Waals surface area contributed by atoms with Crippen molar-refractivity contribution in [2.75, 3.05) is 19.7 Å². The number of fused-ring (bicyclic) bond motifs is 1. The fourth-order valence-electron chi connectivity index (χ4n) is 3.70. The lowest BCUT2D eigenvalue weighted by Crippen LogP contribution is -2.49. The number of rotatable bonds is 7. The summed E-state index contributed by atoms with van der Waals surface area (Å²) in [7, 11) is 0. The number of nitrogens with one attached hydrogen (secondary N) is 1. The number of likely N-dealkylation sites (tertiary alicyclic amines) is 1. The maximum atomic E-state index is 12.7. The molecule has 1 aromatic heterocycles. The van der Waals surface area contributed by atoms with E-state index in [0.717, 1.165) is 9.32 Å². The first kappa shape index (κ1) is 21.7. The van der Waals surface area contributed by atoms with Crippen LogP contribution in [0.4, 0.5) is 0 Å². The maximum absolute atomic E-state index is 12.7. The van der Waals surface area contributed by atoms with Crippen LogP contribution in [0.15, 0.2) is 18.5 Å². The molecule has 4 atom stereocenters. The Morgan fingerprint density at radius 3 is 2.57 bits per heavy atom. The number of aliphatic hydroxyl groups excluding tert-OH is 1. The smallest absolute Gasteiger partial charge is 0.224 e. The monoisotopic (exact) mass is 503 g/mol. The molecule has 8 heteroatoms. The molecule has 1 amide bonds. The van der Waals surface area contributed by atoms with Gasteiger partial charge in [0.1, 0.15) is 6.61 Å². The molecule has 1 aromatic rings. The number of carbonyl (C=O) groups is 1. The van der Waals surface area contributed by atoms with Crippen molar-refractivity contribution in [3.63, 3.8) is 0 Å². The number of nitrogens with zero attached hydrogens (tertiary/aromatic N) is 2. The zero-order chi connectivity index (χ0) is 20.7. The molecule has 0 aromatic carbocycles. The number of ether oxygens (including phenoxy) is 2. The second-order valence-electron chi connectivity index (χ2n) is 9.33. The summed E-state index contributed by atoms with van der Waals surface area (Å²) >= 11 is 2.20. The Balaban J connectivity index is 1.46. The molecule has 1 saturated carbocycles. The van der Waals surface area contributed by atoms with Gasteiger partial charge in [0.05, 0.1) is 20.9 Å². The topological polar surface area (TPSA) is 83.9 Å². The van der Waals surface area contributed by atoms with Crippen LogP contribution in [0.5, 0.6) is 5.75 Å². The molecule has 2 heterocycles. The number of hydrogen-bond donors (Lipinski definition) is 2. The molecule has 3 rings (SSSR count). The minimum Gasteiger partial charge on any atom is -0.488 e. The fourth-order valence-corrected chi connectivity index (χ4v) is 4.16. The zero-order valence-electron chi connectivity index (χ0n) is 17.1. The molecule has 1 aliphatic heterocycles. The Hall–Kier alpha value is -0.970. The third-order valence-electron chi connectivity index (χ3n) is 5.08. The van der Waals surface area contributed by atoms with Crippen molar-refractivity contribution in [1.29, 1.82) is 0 Å². The Kier molecular flexibility index (Phi) is 6.24. The van der Waals surface area contributed by atoms with Crippen LogP contribution < -0.4 is 10.1 Å². The number of piperidine rings is 1. The highest BCUT2D eigenvalue weighted by molar-refractivity contribution is 14.1. The molecule has 1 aliphatic carbocycles. The summed E-state index contributed by atoms with van der Waals surface area (Å²) in [4.78, 5) is 18.7. The second-order valence-corrected chi connectivity index (χ2v) is 10.5. The quantitative estimate of drug-likeness (QED) is 0.439. The number of carbonyl (C=O) groups excluding carboxylic acids is 1. The minimum absolute atomic E-state index is 0.0101.